The van der Waals surface area contributed by atoms with Crippen molar-refractivity contribution in [2.24, 2.45) is 7.05 Å². The third-order valence-electron chi connectivity index (χ3n) is 3.50. The molecule has 4 heteroatoms. The Morgan fingerprint density at radius 1 is 1.15 bits per heavy atom. The van der Waals surface area contributed by atoms with E-state index in [-0.39, 0.29) is 6.04 Å². The molecule has 0 amide bonds. The first-order valence-electron chi connectivity index (χ1n) is 6.79. The van der Waals surface area contributed by atoms with Crippen LogP contribution in [0.5, 0.6) is 0 Å². The normalized spacial score (nSPS) is 12.7. The molecular formula is C16H18N4. The predicted octanol–water partition coefficient (Wildman–Crippen LogP) is 2.82. The van der Waals surface area contributed by atoms with Crippen molar-refractivity contribution < 1.29 is 0 Å². The van der Waals surface area contributed by atoms with Gasteiger partial charge in [-0.1, -0.05) is 42.5 Å². The second-order valence-corrected chi connectivity index (χ2v) is 5.01. The SMILES string of the molecule is CC(NCc1ncn(C)n1)c1cccc2ccccc12. The second kappa shape index (κ2) is 5.43. The zero-order valence-corrected chi connectivity index (χ0v) is 11.7. The number of hydrogen-bond donors (Lipinski definition) is 1. The van der Waals surface area contributed by atoms with Gasteiger partial charge in [-0.15, -0.1) is 0 Å². The predicted molar refractivity (Wildman–Crippen MR) is 80.2 cm³/mol. The van der Waals surface area contributed by atoms with Crippen molar-refractivity contribution in [3.05, 3.63) is 60.2 Å². The number of aromatic nitrogens is 3. The number of hydrogen-bond acceptors (Lipinski definition) is 3. The van der Waals surface area contributed by atoms with E-state index in [1.54, 1.807) is 11.0 Å². The zero-order chi connectivity index (χ0) is 13.9. The Labute approximate surface area is 118 Å². The monoisotopic (exact) mass is 266 g/mol. The van der Waals surface area contributed by atoms with Gasteiger partial charge < -0.3 is 5.32 Å². The first-order chi connectivity index (χ1) is 9.74. The lowest BCUT2D eigenvalue weighted by Gasteiger charge is -2.15. The van der Waals surface area contributed by atoms with Gasteiger partial charge in [0.15, 0.2) is 5.82 Å². The van der Waals surface area contributed by atoms with Gasteiger partial charge in [-0.2, -0.15) is 5.10 Å². The molecule has 0 fully saturated rings. The quantitative estimate of drug-likeness (QED) is 0.789. The first kappa shape index (κ1) is 12.8. The molecule has 0 radical (unpaired) electrons. The maximum Gasteiger partial charge on any atom is 0.164 e. The Bertz CT molecular complexity index is 712. The number of nitrogens with zero attached hydrogens (tertiary/aromatic N) is 3. The summed E-state index contributed by atoms with van der Waals surface area (Å²) in [5.74, 6) is 0.819. The number of fused-ring (bicyclic) bond motifs is 1. The van der Waals surface area contributed by atoms with E-state index in [0.717, 1.165) is 5.82 Å². The van der Waals surface area contributed by atoms with E-state index in [1.165, 1.54) is 16.3 Å². The minimum Gasteiger partial charge on any atom is -0.303 e. The van der Waals surface area contributed by atoms with Gasteiger partial charge in [0.2, 0.25) is 0 Å². The van der Waals surface area contributed by atoms with Gasteiger partial charge in [0.1, 0.15) is 6.33 Å². The first-order valence-corrected chi connectivity index (χ1v) is 6.79. The van der Waals surface area contributed by atoms with Crippen molar-refractivity contribution >= 4 is 10.8 Å². The third kappa shape index (κ3) is 2.56. The lowest BCUT2D eigenvalue weighted by atomic mass is 10.00. The summed E-state index contributed by atoms with van der Waals surface area (Å²) in [5, 5.41) is 10.3. The lowest BCUT2D eigenvalue weighted by Crippen LogP contribution is -2.19. The molecule has 0 bridgehead atoms. The summed E-state index contributed by atoms with van der Waals surface area (Å²) in [6.45, 7) is 2.84. The largest absolute Gasteiger partial charge is 0.303 e. The molecule has 0 aliphatic heterocycles. The number of benzene rings is 2. The topological polar surface area (TPSA) is 42.7 Å². The van der Waals surface area contributed by atoms with Crippen LogP contribution in [0.2, 0.25) is 0 Å². The van der Waals surface area contributed by atoms with E-state index < -0.39 is 0 Å². The minimum absolute atomic E-state index is 0.255. The van der Waals surface area contributed by atoms with Crippen LogP contribution in [0.25, 0.3) is 10.8 Å². The third-order valence-corrected chi connectivity index (χ3v) is 3.50. The van der Waals surface area contributed by atoms with E-state index in [1.807, 2.05) is 7.05 Å². The van der Waals surface area contributed by atoms with Crippen LogP contribution in [0.3, 0.4) is 0 Å². The molecule has 1 aromatic heterocycles. The molecule has 3 aromatic rings. The summed E-state index contributed by atoms with van der Waals surface area (Å²) >= 11 is 0. The molecule has 0 saturated carbocycles. The standard InChI is InChI=1S/C16H18N4/c1-12(17-10-16-18-11-20(2)19-16)14-9-5-7-13-6-3-4-8-15(13)14/h3-9,11-12,17H,10H2,1-2H3. The second-order valence-electron chi connectivity index (χ2n) is 5.01. The summed E-state index contributed by atoms with van der Waals surface area (Å²) in [7, 11) is 1.88. The molecule has 1 atom stereocenters. The fourth-order valence-corrected chi connectivity index (χ4v) is 2.45. The van der Waals surface area contributed by atoms with Crippen molar-refractivity contribution in [3.8, 4) is 0 Å². The van der Waals surface area contributed by atoms with Crippen LogP contribution in [-0.2, 0) is 13.6 Å². The molecule has 102 valence electrons. The van der Waals surface area contributed by atoms with Crippen LogP contribution in [-0.4, -0.2) is 14.8 Å². The van der Waals surface area contributed by atoms with Gasteiger partial charge in [-0.25, -0.2) is 4.98 Å². The number of nitrogens with one attached hydrogen (secondary N) is 1. The summed E-state index contributed by atoms with van der Waals surface area (Å²) < 4.78 is 1.72. The van der Waals surface area contributed by atoms with Gasteiger partial charge in [0, 0.05) is 13.1 Å². The van der Waals surface area contributed by atoms with Crippen molar-refractivity contribution in [2.45, 2.75) is 19.5 Å². The number of rotatable bonds is 4. The molecule has 0 spiro atoms. The molecule has 0 aliphatic rings. The molecule has 0 saturated heterocycles. The Kier molecular flexibility index (Phi) is 3.48. The average Bonchev–Trinajstić information content (AvgIpc) is 2.90. The molecule has 1 unspecified atom stereocenters. The Morgan fingerprint density at radius 3 is 2.75 bits per heavy atom. The van der Waals surface area contributed by atoms with Crippen LogP contribution in [0.15, 0.2) is 48.8 Å². The molecule has 1 N–H and O–H groups in total. The summed E-state index contributed by atoms with van der Waals surface area (Å²) in [6, 6.07) is 15.1. The maximum absolute atomic E-state index is 4.28. The summed E-state index contributed by atoms with van der Waals surface area (Å²) in [4.78, 5) is 4.23. The lowest BCUT2D eigenvalue weighted by molar-refractivity contribution is 0.559. The fraction of sp³-hybridized carbons (Fsp3) is 0.250. The number of aryl methyl sites for hydroxylation is 1. The average molecular weight is 266 g/mol. The highest BCUT2D eigenvalue weighted by atomic mass is 15.3. The van der Waals surface area contributed by atoms with E-state index in [9.17, 15) is 0 Å². The highest BCUT2D eigenvalue weighted by molar-refractivity contribution is 5.86. The van der Waals surface area contributed by atoms with Crippen LogP contribution in [0, 0.1) is 0 Å². The Hall–Kier alpha value is -2.20. The van der Waals surface area contributed by atoms with E-state index >= 15 is 0 Å². The Morgan fingerprint density at radius 2 is 1.95 bits per heavy atom. The molecular weight excluding hydrogens is 248 g/mol. The van der Waals surface area contributed by atoms with E-state index in [4.69, 9.17) is 0 Å². The van der Waals surface area contributed by atoms with Crippen molar-refractivity contribution in [2.75, 3.05) is 0 Å². The van der Waals surface area contributed by atoms with Crippen LogP contribution in [0.1, 0.15) is 24.4 Å². The minimum atomic E-state index is 0.255. The van der Waals surface area contributed by atoms with Crippen LogP contribution < -0.4 is 5.32 Å². The Balaban J connectivity index is 1.80. The smallest absolute Gasteiger partial charge is 0.164 e. The van der Waals surface area contributed by atoms with Crippen molar-refractivity contribution in [1.82, 2.24) is 20.1 Å². The van der Waals surface area contributed by atoms with Gasteiger partial charge in [0.25, 0.3) is 0 Å². The van der Waals surface area contributed by atoms with E-state index in [2.05, 4.69) is 64.8 Å². The van der Waals surface area contributed by atoms with Crippen LogP contribution >= 0.6 is 0 Å². The highest BCUT2D eigenvalue weighted by Gasteiger charge is 2.09. The molecule has 0 aliphatic carbocycles. The molecule has 3 rings (SSSR count). The molecule has 2 aromatic carbocycles. The summed E-state index contributed by atoms with van der Waals surface area (Å²) in [5.41, 5.74) is 1.30. The highest BCUT2D eigenvalue weighted by Crippen LogP contribution is 2.24. The van der Waals surface area contributed by atoms with Gasteiger partial charge in [-0.05, 0) is 23.3 Å². The van der Waals surface area contributed by atoms with Gasteiger partial charge in [-0.3, -0.25) is 4.68 Å². The van der Waals surface area contributed by atoms with Gasteiger partial charge in [0.05, 0.1) is 6.54 Å². The molecule has 1 heterocycles. The van der Waals surface area contributed by atoms with Crippen molar-refractivity contribution in [1.29, 1.82) is 0 Å². The van der Waals surface area contributed by atoms with Crippen LogP contribution in [0.4, 0.5) is 0 Å². The van der Waals surface area contributed by atoms with E-state index in [0.29, 0.717) is 6.54 Å². The van der Waals surface area contributed by atoms with Crippen molar-refractivity contribution in [3.63, 3.8) is 0 Å². The molecule has 20 heavy (non-hydrogen) atoms. The zero-order valence-electron chi connectivity index (χ0n) is 11.7. The summed E-state index contributed by atoms with van der Waals surface area (Å²) in [6.07, 6.45) is 1.72. The maximum atomic E-state index is 4.28. The fourth-order valence-electron chi connectivity index (χ4n) is 2.45. The van der Waals surface area contributed by atoms with Gasteiger partial charge >= 0.3 is 0 Å². The molecule has 4 nitrogen and oxygen atoms in total.